The van der Waals surface area contributed by atoms with Crippen molar-refractivity contribution in [3.63, 3.8) is 0 Å². The van der Waals surface area contributed by atoms with Crippen LogP contribution in [0.5, 0.6) is 0 Å². The minimum Gasteiger partial charge on any atom is -0.465 e. The summed E-state index contributed by atoms with van der Waals surface area (Å²) < 4.78 is 30.5. The number of pyridine rings is 1. The highest BCUT2D eigenvalue weighted by Gasteiger charge is 2.19. The average Bonchev–Trinajstić information content (AvgIpc) is 2.73. The summed E-state index contributed by atoms with van der Waals surface area (Å²) in [6.45, 7) is 0. The molecule has 1 heterocycles. The van der Waals surface area contributed by atoms with Crippen LogP contribution in [0.3, 0.4) is 0 Å². The Morgan fingerprint density at radius 3 is 2.48 bits per heavy atom. The first kappa shape index (κ1) is 19.2. The van der Waals surface area contributed by atoms with Gasteiger partial charge in [0.05, 0.1) is 29.6 Å². The smallest absolute Gasteiger partial charge is 0.338 e. The molecule has 4 aromatic rings. The van der Waals surface area contributed by atoms with E-state index in [1.165, 1.54) is 11.4 Å². The first-order valence-electron chi connectivity index (χ1n) is 8.60. The minimum absolute atomic E-state index is 0.362. The van der Waals surface area contributed by atoms with Crippen LogP contribution < -0.4 is 4.31 Å². The number of ether oxygens (including phenoxy) is 1. The fraction of sp³-hybridized carbons (Fsp3) is 0.0476. The summed E-state index contributed by atoms with van der Waals surface area (Å²) in [7, 11) is -1.70. The Labute approximate surface area is 173 Å². The molecule has 4 rings (SSSR count). The number of hydrogen-bond acceptors (Lipinski definition) is 5. The van der Waals surface area contributed by atoms with Crippen LogP contribution in [0.15, 0.2) is 66.7 Å². The van der Waals surface area contributed by atoms with E-state index >= 15 is 0 Å². The molecule has 0 radical (unpaired) electrons. The van der Waals surface area contributed by atoms with E-state index in [0.717, 1.165) is 5.39 Å². The third-order valence-electron chi connectivity index (χ3n) is 4.58. The number of fused-ring (bicyclic) bond motifs is 2. The molecule has 8 heteroatoms. The first-order valence-corrected chi connectivity index (χ1v) is 10.1. The maximum absolute atomic E-state index is 12.2. The van der Waals surface area contributed by atoms with Crippen LogP contribution in [-0.4, -0.2) is 26.5 Å². The fourth-order valence-electron chi connectivity index (χ4n) is 3.30. The van der Waals surface area contributed by atoms with Gasteiger partial charge in [-0.1, -0.05) is 35.9 Å². The Bertz CT molecular complexity index is 1330. The number of benzene rings is 3. The number of carbonyl (C=O) groups is 1. The van der Waals surface area contributed by atoms with Crippen molar-refractivity contribution in [2.24, 2.45) is 0 Å². The van der Waals surface area contributed by atoms with Crippen molar-refractivity contribution < 1.29 is 17.9 Å². The molecular formula is C21H15ClN2O4S. The molecule has 0 amide bonds. The number of anilines is 2. The molecule has 3 aromatic carbocycles. The largest absolute Gasteiger partial charge is 0.465 e. The van der Waals surface area contributed by atoms with E-state index in [0.29, 0.717) is 38.4 Å². The number of methoxy groups -OCH3 is 1. The van der Waals surface area contributed by atoms with Crippen molar-refractivity contribution in [1.29, 1.82) is 0 Å². The van der Waals surface area contributed by atoms with Crippen molar-refractivity contribution in [3.8, 4) is 0 Å². The van der Waals surface area contributed by atoms with Gasteiger partial charge in [-0.3, -0.25) is 0 Å². The van der Waals surface area contributed by atoms with E-state index < -0.39 is 16.9 Å². The lowest BCUT2D eigenvalue weighted by atomic mass is 10.0. The first-order chi connectivity index (χ1) is 14.0. The highest BCUT2D eigenvalue weighted by molar-refractivity contribution is 7.74. The maximum Gasteiger partial charge on any atom is 0.338 e. The zero-order valence-corrected chi connectivity index (χ0v) is 16.9. The van der Waals surface area contributed by atoms with E-state index in [2.05, 4.69) is 4.98 Å². The number of thiol groups is 1. The van der Waals surface area contributed by atoms with Gasteiger partial charge in [-0.15, -0.1) is 0 Å². The van der Waals surface area contributed by atoms with Crippen molar-refractivity contribution in [1.82, 2.24) is 4.98 Å². The predicted octanol–water partition coefficient (Wildman–Crippen LogP) is 4.49. The summed E-state index contributed by atoms with van der Waals surface area (Å²) in [4.78, 5) is 16.3. The molecule has 0 aliphatic carbocycles. The Kier molecular flexibility index (Phi) is 5.08. The maximum atomic E-state index is 12.2. The third kappa shape index (κ3) is 3.50. The topological polar surface area (TPSA) is 76.6 Å². The van der Waals surface area contributed by atoms with E-state index in [-0.39, 0.29) is 0 Å². The Morgan fingerprint density at radius 2 is 1.76 bits per heavy atom. The van der Waals surface area contributed by atoms with Crippen LogP contribution in [0.4, 0.5) is 11.4 Å². The van der Waals surface area contributed by atoms with E-state index in [1.54, 1.807) is 66.7 Å². The van der Waals surface area contributed by atoms with Gasteiger partial charge in [-0.05, 0) is 47.9 Å². The standard InChI is InChI=1S/C21H15ClN2O4S/c1-28-21(25)17-8-10-19(16-5-3-2-4-15(16)17)24(29(26)27)14-7-9-18-13(12-14)6-11-20(22)23-18/h2-12,29H,1H3. The zero-order chi connectivity index (χ0) is 20.5. The van der Waals surface area contributed by atoms with Crippen LogP contribution in [0, 0.1) is 0 Å². The molecule has 0 atom stereocenters. The van der Waals surface area contributed by atoms with E-state index in [1.807, 2.05) is 0 Å². The molecule has 0 fully saturated rings. The van der Waals surface area contributed by atoms with Crippen LogP contribution in [0.1, 0.15) is 10.4 Å². The van der Waals surface area contributed by atoms with Gasteiger partial charge in [-0.2, -0.15) is 0 Å². The molecular weight excluding hydrogens is 412 g/mol. The van der Waals surface area contributed by atoms with Gasteiger partial charge in [0.1, 0.15) is 5.15 Å². The summed E-state index contributed by atoms with van der Waals surface area (Å²) in [5, 5.41) is 2.34. The van der Waals surface area contributed by atoms with E-state index in [9.17, 15) is 13.2 Å². The molecule has 0 saturated heterocycles. The SMILES string of the molecule is COC(=O)c1ccc(N(c2ccc3nc(Cl)ccc3c2)[SH](=O)=O)c2ccccc12. The lowest BCUT2D eigenvalue weighted by Gasteiger charge is -2.21. The molecule has 0 aliphatic heterocycles. The monoisotopic (exact) mass is 426 g/mol. The number of aromatic nitrogens is 1. The summed E-state index contributed by atoms with van der Waals surface area (Å²) in [5.74, 6) is -0.487. The molecule has 0 saturated carbocycles. The Morgan fingerprint density at radius 1 is 1.00 bits per heavy atom. The van der Waals surface area contributed by atoms with Crippen molar-refractivity contribution >= 4 is 61.5 Å². The second kappa shape index (κ2) is 7.69. The minimum atomic E-state index is -3.01. The molecule has 0 unspecified atom stereocenters. The summed E-state index contributed by atoms with van der Waals surface area (Å²) >= 11 is 5.93. The van der Waals surface area contributed by atoms with Gasteiger partial charge in [-0.25, -0.2) is 22.5 Å². The number of nitrogens with zero attached hydrogens (tertiary/aromatic N) is 2. The molecule has 6 nitrogen and oxygen atoms in total. The van der Waals surface area contributed by atoms with Gasteiger partial charge in [0.25, 0.3) is 0 Å². The van der Waals surface area contributed by atoms with Gasteiger partial charge in [0.2, 0.25) is 10.9 Å². The number of carbonyl (C=O) groups excluding carboxylic acids is 1. The number of esters is 1. The van der Waals surface area contributed by atoms with Crippen LogP contribution in [0.25, 0.3) is 21.7 Å². The lowest BCUT2D eigenvalue weighted by Crippen LogP contribution is -2.15. The van der Waals surface area contributed by atoms with Crippen molar-refractivity contribution in [2.45, 2.75) is 0 Å². The summed E-state index contributed by atoms with van der Waals surface area (Å²) in [6.07, 6.45) is 0. The van der Waals surface area contributed by atoms with E-state index in [4.69, 9.17) is 16.3 Å². The van der Waals surface area contributed by atoms with Gasteiger partial charge in [0, 0.05) is 10.8 Å². The molecule has 29 heavy (non-hydrogen) atoms. The number of rotatable bonds is 4. The summed E-state index contributed by atoms with van der Waals surface area (Å²) in [5.41, 5.74) is 1.91. The average molecular weight is 427 g/mol. The summed E-state index contributed by atoms with van der Waals surface area (Å²) in [6, 6.07) is 18.8. The Balaban J connectivity index is 1.94. The number of halogens is 1. The molecule has 0 bridgehead atoms. The van der Waals surface area contributed by atoms with Gasteiger partial charge < -0.3 is 4.74 Å². The second-order valence-electron chi connectivity index (χ2n) is 6.23. The molecule has 0 N–H and O–H groups in total. The van der Waals surface area contributed by atoms with Crippen LogP contribution in [0.2, 0.25) is 5.15 Å². The molecule has 0 spiro atoms. The highest BCUT2D eigenvalue weighted by atomic mass is 35.5. The third-order valence-corrected chi connectivity index (χ3v) is 5.56. The Hall–Kier alpha value is -3.16. The number of hydrogen-bond donors (Lipinski definition) is 1. The van der Waals surface area contributed by atoms with Crippen molar-refractivity contribution in [3.05, 3.63) is 77.4 Å². The highest BCUT2D eigenvalue weighted by Crippen LogP contribution is 2.35. The molecule has 146 valence electrons. The lowest BCUT2D eigenvalue weighted by molar-refractivity contribution is 0.0603. The molecule has 1 aromatic heterocycles. The fourth-order valence-corrected chi connectivity index (χ4v) is 4.11. The van der Waals surface area contributed by atoms with Crippen molar-refractivity contribution in [2.75, 3.05) is 11.4 Å². The van der Waals surface area contributed by atoms with Crippen LogP contribution >= 0.6 is 11.6 Å². The normalized spacial score (nSPS) is 11.1. The second-order valence-corrected chi connectivity index (χ2v) is 7.49. The van der Waals surface area contributed by atoms with Gasteiger partial charge in [0.15, 0.2) is 0 Å². The predicted molar refractivity (Wildman–Crippen MR) is 114 cm³/mol. The quantitative estimate of drug-likeness (QED) is 0.295. The molecule has 0 aliphatic rings. The van der Waals surface area contributed by atoms with Gasteiger partial charge >= 0.3 is 5.97 Å². The zero-order valence-electron chi connectivity index (χ0n) is 15.2. The van der Waals surface area contributed by atoms with Crippen LogP contribution in [-0.2, 0) is 15.6 Å².